The Morgan fingerprint density at radius 1 is 1.24 bits per heavy atom. The third kappa shape index (κ3) is 11.8. The molecule has 0 aromatic heterocycles. The van der Waals surface area contributed by atoms with Gasteiger partial charge in [0.15, 0.2) is 5.96 Å². The van der Waals surface area contributed by atoms with E-state index in [1.54, 1.807) is 26.0 Å². The topological polar surface area (TPSA) is 56.7 Å². The number of carbonyl (C=O) groups is 1. The Morgan fingerprint density at radius 2 is 1.90 bits per heavy atom. The van der Waals surface area contributed by atoms with E-state index in [9.17, 15) is 4.79 Å². The second kappa shape index (κ2) is 14.4. The summed E-state index contributed by atoms with van der Waals surface area (Å²) in [6.07, 6.45) is 5.46. The van der Waals surface area contributed by atoms with E-state index in [-0.39, 0.29) is 29.9 Å². The number of hydrogen-bond donors (Lipinski definition) is 2. The molecule has 0 fully saturated rings. The molecule has 0 aromatic carbocycles. The molecule has 21 heavy (non-hydrogen) atoms. The van der Waals surface area contributed by atoms with Crippen LogP contribution in [0.25, 0.3) is 0 Å². The van der Waals surface area contributed by atoms with Crippen LogP contribution in [0.4, 0.5) is 0 Å². The second-order valence-corrected chi connectivity index (χ2v) is 5.33. The molecule has 5 nitrogen and oxygen atoms in total. The van der Waals surface area contributed by atoms with Gasteiger partial charge in [-0.25, -0.2) is 0 Å². The van der Waals surface area contributed by atoms with Crippen LogP contribution in [0, 0.1) is 5.92 Å². The van der Waals surface area contributed by atoms with Crippen molar-refractivity contribution in [1.29, 1.82) is 0 Å². The Bertz CT molecular complexity index is 295. The van der Waals surface area contributed by atoms with E-state index in [0.717, 1.165) is 12.5 Å². The summed E-state index contributed by atoms with van der Waals surface area (Å²) in [5.41, 5.74) is 0. The van der Waals surface area contributed by atoms with E-state index in [4.69, 9.17) is 0 Å². The van der Waals surface area contributed by atoms with Crippen molar-refractivity contribution < 1.29 is 4.79 Å². The molecule has 0 radical (unpaired) electrons. The van der Waals surface area contributed by atoms with Crippen LogP contribution in [0.1, 0.15) is 46.0 Å². The van der Waals surface area contributed by atoms with E-state index in [2.05, 4.69) is 29.5 Å². The lowest BCUT2D eigenvalue weighted by atomic mass is 9.99. The molecule has 0 bridgehead atoms. The molecule has 2 N–H and O–H groups in total. The highest BCUT2D eigenvalue weighted by Crippen LogP contribution is 2.10. The number of nitrogens with one attached hydrogen (secondary N) is 2. The largest absolute Gasteiger partial charge is 0.356 e. The second-order valence-electron chi connectivity index (χ2n) is 5.33. The summed E-state index contributed by atoms with van der Waals surface area (Å²) in [6.45, 7) is 6.01. The van der Waals surface area contributed by atoms with Gasteiger partial charge in [0, 0.05) is 40.7 Å². The molecule has 0 rings (SSSR count). The molecule has 0 aliphatic carbocycles. The molecular formula is C15H33IN4O. The van der Waals surface area contributed by atoms with Crippen molar-refractivity contribution in [2.45, 2.75) is 46.0 Å². The van der Waals surface area contributed by atoms with Gasteiger partial charge in [-0.1, -0.05) is 33.1 Å². The summed E-state index contributed by atoms with van der Waals surface area (Å²) < 4.78 is 0. The van der Waals surface area contributed by atoms with Gasteiger partial charge in [-0.05, 0) is 12.3 Å². The molecule has 0 aliphatic rings. The fourth-order valence-corrected chi connectivity index (χ4v) is 1.92. The number of unbranched alkanes of at least 4 members (excludes halogenated alkanes) is 1. The van der Waals surface area contributed by atoms with Crippen LogP contribution < -0.4 is 10.6 Å². The van der Waals surface area contributed by atoms with E-state index in [1.807, 2.05) is 0 Å². The Kier molecular flexibility index (Phi) is 15.6. The molecular weight excluding hydrogens is 379 g/mol. The minimum Gasteiger partial charge on any atom is -0.356 e. The van der Waals surface area contributed by atoms with Crippen LogP contribution in [0.5, 0.6) is 0 Å². The van der Waals surface area contributed by atoms with E-state index in [0.29, 0.717) is 18.9 Å². The van der Waals surface area contributed by atoms with Gasteiger partial charge in [0.1, 0.15) is 0 Å². The lowest BCUT2D eigenvalue weighted by molar-refractivity contribution is -0.128. The third-order valence-corrected chi connectivity index (χ3v) is 3.46. The van der Waals surface area contributed by atoms with Crippen molar-refractivity contribution in [3.05, 3.63) is 0 Å². The van der Waals surface area contributed by atoms with E-state index in [1.165, 1.54) is 25.7 Å². The van der Waals surface area contributed by atoms with Gasteiger partial charge in [0.05, 0.1) is 0 Å². The van der Waals surface area contributed by atoms with Crippen LogP contribution in [0.3, 0.4) is 0 Å². The molecule has 0 heterocycles. The molecule has 1 atom stereocenters. The Labute approximate surface area is 147 Å². The number of halogens is 1. The van der Waals surface area contributed by atoms with Crippen LogP contribution in [0.15, 0.2) is 4.99 Å². The van der Waals surface area contributed by atoms with Gasteiger partial charge in [0.2, 0.25) is 5.91 Å². The average molecular weight is 412 g/mol. The Balaban J connectivity index is 0. The summed E-state index contributed by atoms with van der Waals surface area (Å²) in [5.74, 6) is 1.60. The minimum atomic E-state index is 0. The highest BCUT2D eigenvalue weighted by atomic mass is 127. The van der Waals surface area contributed by atoms with Gasteiger partial charge in [-0.3, -0.25) is 9.79 Å². The maximum atomic E-state index is 11.5. The lowest BCUT2D eigenvalue weighted by Gasteiger charge is -2.18. The van der Waals surface area contributed by atoms with Crippen LogP contribution in [-0.4, -0.2) is 51.0 Å². The van der Waals surface area contributed by atoms with Crippen molar-refractivity contribution in [2.24, 2.45) is 10.9 Å². The van der Waals surface area contributed by atoms with Gasteiger partial charge in [-0.15, -0.1) is 24.0 Å². The number of amides is 1. The first-order chi connectivity index (χ1) is 9.54. The summed E-state index contributed by atoms with van der Waals surface area (Å²) >= 11 is 0. The number of nitrogens with zero attached hydrogens (tertiary/aromatic N) is 2. The van der Waals surface area contributed by atoms with Gasteiger partial charge >= 0.3 is 0 Å². The van der Waals surface area contributed by atoms with Gasteiger partial charge < -0.3 is 15.5 Å². The maximum Gasteiger partial charge on any atom is 0.223 e. The molecule has 1 amide bonds. The number of carbonyl (C=O) groups excluding carboxylic acids is 1. The van der Waals surface area contributed by atoms with Crippen molar-refractivity contribution >= 4 is 35.8 Å². The monoisotopic (exact) mass is 412 g/mol. The first-order valence-electron chi connectivity index (χ1n) is 7.69. The summed E-state index contributed by atoms with van der Waals surface area (Å²) in [5, 5.41) is 6.53. The van der Waals surface area contributed by atoms with Gasteiger partial charge in [0.25, 0.3) is 0 Å². The van der Waals surface area contributed by atoms with Crippen LogP contribution >= 0.6 is 24.0 Å². The number of aliphatic imine (C=N–C) groups is 1. The lowest BCUT2D eigenvalue weighted by Crippen LogP contribution is -2.41. The molecule has 0 saturated carbocycles. The predicted octanol–water partition coefficient (Wildman–Crippen LogP) is 2.46. The van der Waals surface area contributed by atoms with Crippen molar-refractivity contribution in [2.75, 3.05) is 34.2 Å². The van der Waals surface area contributed by atoms with Gasteiger partial charge in [-0.2, -0.15) is 0 Å². The zero-order chi connectivity index (χ0) is 15.4. The Hall–Kier alpha value is -0.530. The third-order valence-electron chi connectivity index (χ3n) is 3.46. The smallest absolute Gasteiger partial charge is 0.223 e. The highest BCUT2D eigenvalue weighted by molar-refractivity contribution is 14.0. The summed E-state index contributed by atoms with van der Waals surface area (Å²) in [6, 6.07) is 0. The van der Waals surface area contributed by atoms with E-state index >= 15 is 0 Å². The van der Waals surface area contributed by atoms with Crippen LogP contribution in [0.2, 0.25) is 0 Å². The molecule has 0 aliphatic heterocycles. The minimum absolute atomic E-state index is 0. The van der Waals surface area contributed by atoms with Crippen molar-refractivity contribution in [3.63, 3.8) is 0 Å². The maximum absolute atomic E-state index is 11.5. The average Bonchev–Trinajstić information content (AvgIpc) is 2.44. The first kappa shape index (κ1) is 22.7. The zero-order valence-corrected chi connectivity index (χ0v) is 16.6. The van der Waals surface area contributed by atoms with Crippen molar-refractivity contribution in [3.8, 4) is 0 Å². The first-order valence-corrected chi connectivity index (χ1v) is 7.69. The molecule has 0 saturated heterocycles. The Morgan fingerprint density at radius 3 is 2.38 bits per heavy atom. The van der Waals surface area contributed by atoms with E-state index < -0.39 is 0 Å². The predicted molar refractivity (Wildman–Crippen MR) is 101 cm³/mol. The van der Waals surface area contributed by atoms with Crippen molar-refractivity contribution in [1.82, 2.24) is 15.5 Å². The van der Waals surface area contributed by atoms with Crippen LogP contribution in [-0.2, 0) is 4.79 Å². The SMILES string of the molecule is CCCCC(CC)CNC(=NC)NCCC(=O)N(C)C.I. The standard InChI is InChI=1S/C15H32N4O.HI/c1-6-8-9-13(7-2)12-18-15(16-3)17-11-10-14(20)19(4)5;/h13H,6-12H2,1-5H3,(H2,16,17,18);1H. The number of hydrogen-bond acceptors (Lipinski definition) is 2. The highest BCUT2D eigenvalue weighted by Gasteiger charge is 2.08. The molecule has 0 aromatic rings. The number of rotatable bonds is 9. The number of guanidine groups is 1. The normalized spacial score (nSPS) is 12.3. The molecule has 1 unspecified atom stereocenters. The fraction of sp³-hybridized carbons (Fsp3) is 0.867. The molecule has 126 valence electrons. The summed E-state index contributed by atoms with van der Waals surface area (Å²) in [4.78, 5) is 17.3. The zero-order valence-electron chi connectivity index (χ0n) is 14.2. The molecule has 6 heteroatoms. The summed E-state index contributed by atoms with van der Waals surface area (Å²) in [7, 11) is 5.31. The molecule has 0 spiro atoms. The quantitative estimate of drug-likeness (QED) is 0.348. The fourth-order valence-electron chi connectivity index (χ4n) is 1.92.